The maximum absolute atomic E-state index is 5.33. The molecule has 2 rings (SSSR count). The lowest BCUT2D eigenvalue weighted by Gasteiger charge is -2.09. The minimum atomic E-state index is 0.788. The fourth-order valence-electron chi connectivity index (χ4n) is 1.75. The van der Waals surface area contributed by atoms with Crippen LogP contribution in [0, 0.1) is 0 Å². The summed E-state index contributed by atoms with van der Waals surface area (Å²) in [4.78, 5) is 7.07. The van der Waals surface area contributed by atoms with Crippen molar-refractivity contribution in [3.8, 4) is 5.75 Å². The van der Waals surface area contributed by atoms with Gasteiger partial charge in [-0.3, -0.25) is 0 Å². The summed E-state index contributed by atoms with van der Waals surface area (Å²) >= 11 is 3.47. The predicted octanol–water partition coefficient (Wildman–Crippen LogP) is 2.51. The smallest absolute Gasteiger partial charge is 0.123 e. The molecule has 1 aromatic carbocycles. The largest absolute Gasteiger partial charge is 0.496 e. The van der Waals surface area contributed by atoms with Gasteiger partial charge in [-0.25, -0.2) is 4.98 Å². The normalized spacial score (nSPS) is 10.6. The monoisotopic (exact) mass is 309 g/mol. The number of benzene rings is 1. The molecule has 2 aromatic rings. The van der Waals surface area contributed by atoms with Crippen molar-refractivity contribution in [3.63, 3.8) is 0 Å². The average molecular weight is 310 g/mol. The Morgan fingerprint density at radius 2 is 2.33 bits per heavy atom. The Hall–Kier alpha value is -1.33. The van der Waals surface area contributed by atoms with E-state index in [1.54, 1.807) is 13.4 Å². The highest BCUT2D eigenvalue weighted by atomic mass is 79.9. The van der Waals surface area contributed by atoms with Crippen molar-refractivity contribution in [1.29, 1.82) is 0 Å². The lowest BCUT2D eigenvalue weighted by atomic mass is 10.2. The fraction of sp³-hybridized carbons (Fsp3) is 0.308. The Bertz CT molecular complexity index is 485. The molecule has 0 bridgehead atoms. The second kappa shape index (κ2) is 6.56. The molecule has 0 unspecified atom stereocenters. The molecule has 0 saturated heterocycles. The number of hydrogen-bond donors (Lipinski definition) is 2. The maximum atomic E-state index is 5.33. The number of nitrogens with zero attached hydrogens (tertiary/aromatic N) is 1. The van der Waals surface area contributed by atoms with Crippen molar-refractivity contribution < 1.29 is 4.74 Å². The van der Waals surface area contributed by atoms with Crippen LogP contribution in [0.5, 0.6) is 5.75 Å². The van der Waals surface area contributed by atoms with Crippen molar-refractivity contribution >= 4 is 15.9 Å². The van der Waals surface area contributed by atoms with Gasteiger partial charge in [0, 0.05) is 41.4 Å². The average Bonchev–Trinajstić information content (AvgIpc) is 2.88. The fourth-order valence-corrected chi connectivity index (χ4v) is 2.16. The molecule has 0 aliphatic heterocycles. The Morgan fingerprint density at radius 1 is 1.44 bits per heavy atom. The maximum Gasteiger partial charge on any atom is 0.123 e. The van der Waals surface area contributed by atoms with Gasteiger partial charge in [-0.05, 0) is 18.2 Å². The van der Waals surface area contributed by atoms with Gasteiger partial charge in [-0.15, -0.1) is 0 Å². The number of nitrogens with one attached hydrogen (secondary N) is 2. The summed E-state index contributed by atoms with van der Waals surface area (Å²) < 4.78 is 6.39. The first kappa shape index (κ1) is 13.1. The van der Waals surface area contributed by atoms with E-state index in [0.717, 1.165) is 41.0 Å². The Kier molecular flexibility index (Phi) is 4.78. The number of imidazole rings is 1. The first-order chi connectivity index (χ1) is 8.79. The van der Waals surface area contributed by atoms with Gasteiger partial charge in [-0.1, -0.05) is 15.9 Å². The van der Waals surface area contributed by atoms with Crippen LogP contribution in [0.15, 0.2) is 35.2 Å². The van der Waals surface area contributed by atoms with Gasteiger partial charge < -0.3 is 15.0 Å². The van der Waals surface area contributed by atoms with Gasteiger partial charge in [-0.2, -0.15) is 0 Å². The van der Waals surface area contributed by atoms with Crippen molar-refractivity contribution in [3.05, 3.63) is 46.5 Å². The zero-order chi connectivity index (χ0) is 12.8. The van der Waals surface area contributed by atoms with E-state index in [-0.39, 0.29) is 0 Å². The molecule has 5 heteroatoms. The van der Waals surface area contributed by atoms with Crippen LogP contribution in [0.4, 0.5) is 0 Å². The molecule has 0 aliphatic rings. The molecule has 0 amide bonds. The van der Waals surface area contributed by atoms with E-state index in [1.807, 2.05) is 18.3 Å². The van der Waals surface area contributed by atoms with Crippen LogP contribution in [-0.4, -0.2) is 23.6 Å². The van der Waals surface area contributed by atoms with E-state index in [1.165, 1.54) is 0 Å². The number of hydrogen-bond acceptors (Lipinski definition) is 3. The molecule has 96 valence electrons. The van der Waals surface area contributed by atoms with Crippen LogP contribution in [0.1, 0.15) is 11.3 Å². The van der Waals surface area contributed by atoms with E-state index >= 15 is 0 Å². The molecule has 4 nitrogen and oxygen atoms in total. The summed E-state index contributed by atoms with van der Waals surface area (Å²) in [6.45, 7) is 1.69. The number of rotatable bonds is 6. The van der Waals surface area contributed by atoms with Crippen LogP contribution < -0.4 is 10.1 Å². The molecule has 18 heavy (non-hydrogen) atoms. The number of aromatic nitrogens is 2. The van der Waals surface area contributed by atoms with Crippen LogP contribution in [0.3, 0.4) is 0 Å². The van der Waals surface area contributed by atoms with Gasteiger partial charge in [0.1, 0.15) is 5.75 Å². The SMILES string of the molecule is COc1ccc(Br)cc1CNCCc1cnc[nH]1. The third-order valence-corrected chi connectivity index (χ3v) is 3.18. The summed E-state index contributed by atoms with van der Waals surface area (Å²) in [5.74, 6) is 0.909. The Morgan fingerprint density at radius 3 is 3.06 bits per heavy atom. The van der Waals surface area contributed by atoms with E-state index in [9.17, 15) is 0 Å². The molecule has 1 aromatic heterocycles. The highest BCUT2D eigenvalue weighted by Crippen LogP contribution is 2.22. The molecule has 0 atom stereocenters. The third kappa shape index (κ3) is 3.58. The van der Waals surface area contributed by atoms with Crippen molar-refractivity contribution in [1.82, 2.24) is 15.3 Å². The molecular formula is C13H16BrN3O. The van der Waals surface area contributed by atoms with Gasteiger partial charge >= 0.3 is 0 Å². The van der Waals surface area contributed by atoms with Crippen LogP contribution in [-0.2, 0) is 13.0 Å². The lowest BCUT2D eigenvalue weighted by Crippen LogP contribution is -2.17. The first-order valence-electron chi connectivity index (χ1n) is 5.80. The number of ether oxygens (including phenoxy) is 1. The van der Waals surface area contributed by atoms with E-state index < -0.39 is 0 Å². The molecular weight excluding hydrogens is 294 g/mol. The second-order valence-electron chi connectivity index (χ2n) is 3.96. The van der Waals surface area contributed by atoms with Crippen LogP contribution in [0.2, 0.25) is 0 Å². The molecule has 0 spiro atoms. The highest BCUT2D eigenvalue weighted by Gasteiger charge is 2.03. The molecule has 0 fully saturated rings. The number of H-pyrrole nitrogens is 1. The second-order valence-corrected chi connectivity index (χ2v) is 4.88. The Balaban J connectivity index is 1.84. The number of aromatic amines is 1. The molecule has 0 radical (unpaired) electrons. The van der Waals surface area contributed by atoms with Gasteiger partial charge in [0.25, 0.3) is 0 Å². The van der Waals surface area contributed by atoms with Crippen molar-refractivity contribution in [2.45, 2.75) is 13.0 Å². The standard InChI is InChI=1S/C13H16BrN3O/c1-18-13-3-2-11(14)6-10(13)7-15-5-4-12-8-16-9-17-12/h2-3,6,8-9,15H,4-5,7H2,1H3,(H,16,17). The molecule has 1 heterocycles. The van der Waals surface area contributed by atoms with Gasteiger partial charge in [0.15, 0.2) is 0 Å². The summed E-state index contributed by atoms with van der Waals surface area (Å²) in [7, 11) is 1.69. The number of methoxy groups -OCH3 is 1. The minimum absolute atomic E-state index is 0.788. The minimum Gasteiger partial charge on any atom is -0.496 e. The van der Waals surface area contributed by atoms with Crippen LogP contribution >= 0.6 is 15.9 Å². The summed E-state index contributed by atoms with van der Waals surface area (Å²) in [5.41, 5.74) is 2.29. The quantitative estimate of drug-likeness (QED) is 0.806. The van der Waals surface area contributed by atoms with E-state index in [4.69, 9.17) is 4.74 Å². The molecule has 0 aliphatic carbocycles. The van der Waals surface area contributed by atoms with Crippen molar-refractivity contribution in [2.75, 3.05) is 13.7 Å². The first-order valence-corrected chi connectivity index (χ1v) is 6.59. The zero-order valence-electron chi connectivity index (χ0n) is 10.2. The summed E-state index contributed by atoms with van der Waals surface area (Å²) in [6.07, 6.45) is 4.49. The highest BCUT2D eigenvalue weighted by molar-refractivity contribution is 9.10. The summed E-state index contributed by atoms with van der Waals surface area (Å²) in [5, 5.41) is 3.39. The number of halogens is 1. The molecule has 0 saturated carbocycles. The Labute approximate surface area is 115 Å². The third-order valence-electron chi connectivity index (χ3n) is 2.68. The van der Waals surface area contributed by atoms with E-state index in [0.29, 0.717) is 0 Å². The van der Waals surface area contributed by atoms with E-state index in [2.05, 4.69) is 37.3 Å². The lowest BCUT2D eigenvalue weighted by molar-refractivity contribution is 0.407. The topological polar surface area (TPSA) is 49.9 Å². The molecule has 2 N–H and O–H groups in total. The van der Waals surface area contributed by atoms with Gasteiger partial charge in [0.05, 0.1) is 13.4 Å². The zero-order valence-corrected chi connectivity index (χ0v) is 11.8. The van der Waals surface area contributed by atoms with Crippen molar-refractivity contribution in [2.24, 2.45) is 0 Å². The summed E-state index contributed by atoms with van der Waals surface area (Å²) in [6, 6.07) is 6.02. The predicted molar refractivity (Wildman–Crippen MR) is 74.7 cm³/mol. The van der Waals surface area contributed by atoms with Gasteiger partial charge in [0.2, 0.25) is 0 Å². The van der Waals surface area contributed by atoms with Crippen LogP contribution in [0.25, 0.3) is 0 Å².